The number of unbranched alkanes of at least 4 members (excludes halogenated alkanes) is 50. The third-order valence-corrected chi connectivity index (χ3v) is 15.2. The highest BCUT2D eigenvalue weighted by molar-refractivity contribution is 5.70. The van der Waals surface area contributed by atoms with Crippen molar-refractivity contribution in [3.63, 3.8) is 0 Å². The Morgan fingerprint density at radius 2 is 0.556 bits per heavy atom. The topological polar surface area (TPSA) is 72.8 Å². The van der Waals surface area contributed by atoms with Crippen molar-refractivity contribution in [2.24, 2.45) is 0 Å². The molecule has 0 aliphatic rings. The van der Waals surface area contributed by atoms with E-state index in [4.69, 9.17) is 9.47 Å². The van der Waals surface area contributed by atoms with Gasteiger partial charge in [0, 0.05) is 12.8 Å². The molecule has 1 atom stereocenters. The summed E-state index contributed by atoms with van der Waals surface area (Å²) in [6.07, 6.45) is 82.0. The number of allylic oxidation sites excluding steroid dienone is 4. The predicted molar refractivity (Wildman–Crippen MR) is 316 cm³/mol. The SMILES string of the molecule is CCCCCCC/C=C\C/C=C\CCCCCCCCCCCCCC(=O)OC(CO)COC(=O)CCCCCCCCCCCCCCCCCCCCCCCCCCCCCCCCCCCCC. The van der Waals surface area contributed by atoms with Crippen LogP contribution in [0.15, 0.2) is 24.3 Å². The number of aliphatic hydroxyl groups excluding tert-OH is 1. The highest BCUT2D eigenvalue weighted by Gasteiger charge is 2.16. The quantitative estimate of drug-likeness (QED) is 0.0373. The molecule has 0 aromatic carbocycles. The van der Waals surface area contributed by atoms with Crippen molar-refractivity contribution < 1.29 is 24.2 Å². The summed E-state index contributed by atoms with van der Waals surface area (Å²) in [6.45, 7) is 4.19. The summed E-state index contributed by atoms with van der Waals surface area (Å²) in [5.41, 5.74) is 0. The third-order valence-electron chi connectivity index (χ3n) is 15.2. The van der Waals surface area contributed by atoms with Crippen LogP contribution in [0, 0.1) is 0 Å². The van der Waals surface area contributed by atoms with E-state index in [2.05, 4.69) is 38.2 Å². The lowest BCUT2D eigenvalue weighted by atomic mass is 10.0. The van der Waals surface area contributed by atoms with Gasteiger partial charge in [-0.1, -0.05) is 340 Å². The molecule has 0 aromatic heterocycles. The average Bonchev–Trinajstić information content (AvgIpc) is 3.38. The van der Waals surface area contributed by atoms with E-state index in [0.717, 1.165) is 38.5 Å². The maximum atomic E-state index is 12.3. The first-order chi connectivity index (χ1) is 35.6. The molecular formula is C67H128O5. The minimum Gasteiger partial charge on any atom is -0.462 e. The van der Waals surface area contributed by atoms with Gasteiger partial charge in [0.05, 0.1) is 6.61 Å². The molecule has 0 bridgehead atoms. The molecule has 0 saturated heterocycles. The van der Waals surface area contributed by atoms with Gasteiger partial charge in [0.2, 0.25) is 0 Å². The fourth-order valence-corrected chi connectivity index (χ4v) is 10.3. The molecule has 1 N–H and O–H groups in total. The number of aliphatic hydroxyl groups is 1. The van der Waals surface area contributed by atoms with Crippen molar-refractivity contribution in [2.75, 3.05) is 13.2 Å². The fourth-order valence-electron chi connectivity index (χ4n) is 10.3. The number of ether oxygens (including phenoxy) is 2. The minimum atomic E-state index is -0.771. The van der Waals surface area contributed by atoms with Gasteiger partial charge < -0.3 is 14.6 Å². The van der Waals surface area contributed by atoms with E-state index >= 15 is 0 Å². The maximum Gasteiger partial charge on any atom is 0.306 e. The Labute approximate surface area is 451 Å². The van der Waals surface area contributed by atoms with Crippen LogP contribution in [0.4, 0.5) is 0 Å². The Morgan fingerprint density at radius 3 is 0.819 bits per heavy atom. The minimum absolute atomic E-state index is 0.0605. The molecule has 5 heteroatoms. The smallest absolute Gasteiger partial charge is 0.306 e. The Kier molecular flexibility index (Phi) is 62.2. The largest absolute Gasteiger partial charge is 0.462 e. The van der Waals surface area contributed by atoms with Crippen molar-refractivity contribution in [2.45, 2.75) is 380 Å². The Bertz CT molecular complexity index is 1100. The Balaban J connectivity index is 3.37. The molecule has 1 unspecified atom stereocenters. The van der Waals surface area contributed by atoms with Crippen LogP contribution < -0.4 is 0 Å². The molecule has 0 aliphatic heterocycles. The zero-order valence-electron chi connectivity index (χ0n) is 49.0. The predicted octanol–water partition coefficient (Wildman–Crippen LogP) is 22.4. The standard InChI is InChI=1S/C67H128O5/c1-3-5-7-9-11-13-15-17-19-21-23-25-27-28-29-30-31-32-33-34-35-36-37-38-40-41-43-45-47-49-51-53-55-57-59-61-66(69)71-64-65(63-68)72-67(70)62-60-58-56-54-52-50-48-46-44-42-39-26-24-22-20-18-16-14-12-10-8-6-4-2/h16,18,22,24,65,68H,3-15,17,19-21,23,25-64H2,1-2H3/b18-16-,24-22-. The summed E-state index contributed by atoms with van der Waals surface area (Å²) >= 11 is 0. The zero-order chi connectivity index (χ0) is 52.0. The summed E-state index contributed by atoms with van der Waals surface area (Å²) in [6, 6.07) is 0. The number of esters is 2. The van der Waals surface area contributed by atoms with Gasteiger partial charge in [0.15, 0.2) is 6.10 Å². The first-order valence-electron chi connectivity index (χ1n) is 32.9. The number of hydrogen-bond donors (Lipinski definition) is 1. The highest BCUT2D eigenvalue weighted by atomic mass is 16.6. The number of hydrogen-bond acceptors (Lipinski definition) is 5. The highest BCUT2D eigenvalue weighted by Crippen LogP contribution is 2.19. The van der Waals surface area contributed by atoms with E-state index in [1.165, 1.54) is 308 Å². The normalized spacial score (nSPS) is 12.2. The Hall–Kier alpha value is -1.62. The van der Waals surface area contributed by atoms with Crippen LogP contribution in [0.2, 0.25) is 0 Å². The van der Waals surface area contributed by atoms with Gasteiger partial charge in [-0.3, -0.25) is 9.59 Å². The molecule has 0 aromatic rings. The van der Waals surface area contributed by atoms with E-state index in [9.17, 15) is 14.7 Å². The van der Waals surface area contributed by atoms with E-state index in [-0.39, 0.29) is 25.2 Å². The fraction of sp³-hybridized carbons (Fsp3) is 0.910. The van der Waals surface area contributed by atoms with Crippen LogP contribution in [0.25, 0.3) is 0 Å². The van der Waals surface area contributed by atoms with Gasteiger partial charge in [-0.05, 0) is 44.9 Å². The average molecular weight is 1010 g/mol. The molecule has 0 rings (SSSR count). The van der Waals surface area contributed by atoms with Crippen LogP contribution >= 0.6 is 0 Å². The molecule has 0 saturated carbocycles. The van der Waals surface area contributed by atoms with Crippen molar-refractivity contribution in [1.29, 1.82) is 0 Å². The van der Waals surface area contributed by atoms with Crippen LogP contribution in [-0.2, 0) is 19.1 Å². The summed E-state index contributed by atoms with van der Waals surface area (Å²) < 4.78 is 10.7. The molecule has 0 amide bonds. The molecular weight excluding hydrogens is 885 g/mol. The lowest BCUT2D eigenvalue weighted by molar-refractivity contribution is -0.161. The second-order valence-electron chi connectivity index (χ2n) is 22.6. The van der Waals surface area contributed by atoms with Gasteiger partial charge in [-0.2, -0.15) is 0 Å². The van der Waals surface area contributed by atoms with E-state index in [1.54, 1.807) is 0 Å². The van der Waals surface area contributed by atoms with Crippen molar-refractivity contribution in [3.05, 3.63) is 24.3 Å². The second kappa shape index (κ2) is 63.7. The van der Waals surface area contributed by atoms with Crippen LogP contribution in [0.5, 0.6) is 0 Å². The number of carbonyl (C=O) groups is 2. The lowest BCUT2D eigenvalue weighted by Gasteiger charge is -2.15. The summed E-state index contributed by atoms with van der Waals surface area (Å²) in [4.78, 5) is 24.6. The van der Waals surface area contributed by atoms with Crippen molar-refractivity contribution in [1.82, 2.24) is 0 Å². The number of rotatable bonds is 62. The van der Waals surface area contributed by atoms with Gasteiger partial charge in [0.1, 0.15) is 6.61 Å². The van der Waals surface area contributed by atoms with E-state index in [0.29, 0.717) is 12.8 Å². The third kappa shape index (κ3) is 60.9. The molecule has 0 heterocycles. The molecule has 426 valence electrons. The lowest BCUT2D eigenvalue weighted by Crippen LogP contribution is -2.28. The summed E-state index contributed by atoms with van der Waals surface area (Å²) in [5.74, 6) is -0.571. The zero-order valence-corrected chi connectivity index (χ0v) is 49.0. The van der Waals surface area contributed by atoms with Gasteiger partial charge in [0.25, 0.3) is 0 Å². The van der Waals surface area contributed by atoms with Crippen LogP contribution in [-0.4, -0.2) is 36.4 Å². The molecule has 0 spiro atoms. The molecule has 72 heavy (non-hydrogen) atoms. The van der Waals surface area contributed by atoms with Gasteiger partial charge in [-0.25, -0.2) is 0 Å². The van der Waals surface area contributed by atoms with Crippen molar-refractivity contribution >= 4 is 11.9 Å². The molecule has 0 radical (unpaired) electrons. The van der Waals surface area contributed by atoms with E-state index < -0.39 is 6.10 Å². The number of carbonyl (C=O) groups excluding carboxylic acids is 2. The van der Waals surface area contributed by atoms with E-state index in [1.807, 2.05) is 0 Å². The molecule has 0 aliphatic carbocycles. The Morgan fingerprint density at radius 1 is 0.319 bits per heavy atom. The summed E-state index contributed by atoms with van der Waals surface area (Å²) in [7, 11) is 0. The van der Waals surface area contributed by atoms with Crippen LogP contribution in [0.3, 0.4) is 0 Å². The first kappa shape index (κ1) is 70.4. The summed E-state index contributed by atoms with van der Waals surface area (Å²) in [5, 5.41) is 9.68. The van der Waals surface area contributed by atoms with Crippen molar-refractivity contribution in [3.8, 4) is 0 Å². The second-order valence-corrected chi connectivity index (χ2v) is 22.6. The molecule has 0 fully saturated rings. The monoisotopic (exact) mass is 1010 g/mol. The van der Waals surface area contributed by atoms with Crippen LogP contribution in [0.1, 0.15) is 373 Å². The first-order valence-corrected chi connectivity index (χ1v) is 32.9. The maximum absolute atomic E-state index is 12.3. The van der Waals surface area contributed by atoms with Gasteiger partial charge in [-0.15, -0.1) is 0 Å². The van der Waals surface area contributed by atoms with Gasteiger partial charge >= 0.3 is 11.9 Å². The molecule has 5 nitrogen and oxygen atoms in total.